The number of methoxy groups -OCH3 is 1. The summed E-state index contributed by atoms with van der Waals surface area (Å²) >= 11 is 0. The minimum atomic E-state index is -0.0646. The smallest absolute Gasteiger partial charge is 0.272 e. The van der Waals surface area contributed by atoms with Crippen LogP contribution in [0.5, 0.6) is 5.75 Å². The molecule has 4 rings (SSSR count). The molecular formula is C22H24N4O3. The number of oxazole rings is 1. The van der Waals surface area contributed by atoms with Gasteiger partial charge in [0.25, 0.3) is 5.91 Å². The number of amides is 1. The predicted octanol–water partition coefficient (Wildman–Crippen LogP) is 3.39. The van der Waals surface area contributed by atoms with Crippen LogP contribution in [0.4, 0.5) is 0 Å². The Balaban J connectivity index is 1.42. The fourth-order valence-electron chi connectivity index (χ4n) is 3.64. The van der Waals surface area contributed by atoms with Gasteiger partial charge in [0.15, 0.2) is 5.89 Å². The summed E-state index contributed by atoms with van der Waals surface area (Å²) in [6.07, 6.45) is 5.95. The van der Waals surface area contributed by atoms with Gasteiger partial charge < -0.3 is 14.1 Å². The van der Waals surface area contributed by atoms with Gasteiger partial charge in [0, 0.05) is 25.7 Å². The third-order valence-corrected chi connectivity index (χ3v) is 5.16. The minimum absolute atomic E-state index is 0.0646. The third-order valence-electron chi connectivity index (χ3n) is 5.16. The molecule has 0 aliphatic carbocycles. The number of aromatic nitrogens is 3. The number of hydrogen-bond acceptors (Lipinski definition) is 6. The van der Waals surface area contributed by atoms with E-state index in [1.54, 1.807) is 32.5 Å². The molecule has 1 saturated heterocycles. The number of nitrogens with zero attached hydrogens (tertiary/aromatic N) is 4. The SMILES string of the molecule is COc1ccc(Cc2cnc([C@H]3CCCN(C(=O)c4ccnc(C)n4)C3)o2)cc1. The van der Waals surface area contributed by atoms with Crippen LogP contribution < -0.4 is 4.74 Å². The maximum Gasteiger partial charge on any atom is 0.272 e. The van der Waals surface area contributed by atoms with Gasteiger partial charge in [0.2, 0.25) is 0 Å². The normalized spacial score (nSPS) is 16.6. The van der Waals surface area contributed by atoms with E-state index >= 15 is 0 Å². The van der Waals surface area contributed by atoms with Gasteiger partial charge in [-0.1, -0.05) is 12.1 Å². The van der Waals surface area contributed by atoms with E-state index in [1.807, 2.05) is 29.2 Å². The predicted molar refractivity (Wildman–Crippen MR) is 107 cm³/mol. The summed E-state index contributed by atoms with van der Waals surface area (Å²) in [5, 5.41) is 0. The molecule has 7 heteroatoms. The molecule has 0 saturated carbocycles. The first-order valence-corrected chi connectivity index (χ1v) is 9.79. The van der Waals surface area contributed by atoms with Crippen molar-refractivity contribution in [1.82, 2.24) is 19.9 Å². The van der Waals surface area contributed by atoms with E-state index in [-0.39, 0.29) is 11.8 Å². The summed E-state index contributed by atoms with van der Waals surface area (Å²) < 4.78 is 11.2. The highest BCUT2D eigenvalue weighted by molar-refractivity contribution is 5.92. The molecule has 1 fully saturated rings. The lowest BCUT2D eigenvalue weighted by Gasteiger charge is -2.31. The van der Waals surface area contributed by atoms with Crippen molar-refractivity contribution in [3.8, 4) is 5.75 Å². The van der Waals surface area contributed by atoms with E-state index in [2.05, 4.69) is 15.0 Å². The van der Waals surface area contributed by atoms with Gasteiger partial charge >= 0.3 is 0 Å². The molecule has 0 radical (unpaired) electrons. The Morgan fingerprint density at radius 3 is 2.83 bits per heavy atom. The topological polar surface area (TPSA) is 81.4 Å². The van der Waals surface area contributed by atoms with E-state index in [0.717, 1.165) is 36.5 Å². The van der Waals surface area contributed by atoms with Crippen LogP contribution in [0, 0.1) is 6.92 Å². The van der Waals surface area contributed by atoms with Crippen molar-refractivity contribution in [2.24, 2.45) is 0 Å². The summed E-state index contributed by atoms with van der Waals surface area (Å²) in [5.41, 5.74) is 1.57. The monoisotopic (exact) mass is 392 g/mol. The number of carbonyl (C=O) groups excluding carboxylic acids is 1. The number of likely N-dealkylation sites (tertiary alicyclic amines) is 1. The number of benzene rings is 1. The lowest BCUT2D eigenvalue weighted by molar-refractivity contribution is 0.0691. The first-order valence-electron chi connectivity index (χ1n) is 9.79. The number of ether oxygens (including phenoxy) is 1. The van der Waals surface area contributed by atoms with Crippen molar-refractivity contribution in [2.75, 3.05) is 20.2 Å². The molecule has 150 valence electrons. The van der Waals surface area contributed by atoms with Crippen LogP contribution in [0.2, 0.25) is 0 Å². The Hall–Kier alpha value is -3.22. The average Bonchev–Trinajstić information content (AvgIpc) is 3.22. The minimum Gasteiger partial charge on any atom is -0.497 e. The molecule has 3 heterocycles. The van der Waals surface area contributed by atoms with E-state index in [0.29, 0.717) is 30.4 Å². The van der Waals surface area contributed by atoms with Gasteiger partial charge in [-0.2, -0.15) is 0 Å². The number of aryl methyl sites for hydroxylation is 1. The first kappa shape index (κ1) is 19.1. The second-order valence-electron chi connectivity index (χ2n) is 7.27. The van der Waals surface area contributed by atoms with Crippen molar-refractivity contribution >= 4 is 5.91 Å². The third kappa shape index (κ3) is 4.45. The highest BCUT2D eigenvalue weighted by Gasteiger charge is 2.29. The molecule has 1 aliphatic rings. The van der Waals surface area contributed by atoms with Crippen LogP contribution in [0.1, 0.15) is 52.3 Å². The van der Waals surface area contributed by atoms with Gasteiger partial charge in [0.1, 0.15) is 23.0 Å². The first-order chi connectivity index (χ1) is 14.1. The van der Waals surface area contributed by atoms with Crippen LogP contribution in [-0.2, 0) is 6.42 Å². The quantitative estimate of drug-likeness (QED) is 0.662. The van der Waals surface area contributed by atoms with Crippen molar-refractivity contribution < 1.29 is 13.9 Å². The number of rotatable bonds is 5. The Morgan fingerprint density at radius 2 is 2.07 bits per heavy atom. The molecule has 1 aromatic carbocycles. The molecule has 7 nitrogen and oxygen atoms in total. The van der Waals surface area contributed by atoms with Gasteiger partial charge in [-0.15, -0.1) is 0 Å². The van der Waals surface area contributed by atoms with E-state index in [9.17, 15) is 4.79 Å². The zero-order chi connectivity index (χ0) is 20.2. The maximum atomic E-state index is 12.8. The van der Waals surface area contributed by atoms with Crippen molar-refractivity contribution in [3.05, 3.63) is 71.5 Å². The Kier molecular flexibility index (Phi) is 5.55. The molecule has 1 amide bonds. The largest absolute Gasteiger partial charge is 0.497 e. The zero-order valence-electron chi connectivity index (χ0n) is 16.7. The summed E-state index contributed by atoms with van der Waals surface area (Å²) in [6, 6.07) is 9.58. The fraction of sp³-hybridized carbons (Fsp3) is 0.364. The molecule has 0 unspecified atom stereocenters. The maximum absolute atomic E-state index is 12.8. The fourth-order valence-corrected chi connectivity index (χ4v) is 3.64. The van der Waals surface area contributed by atoms with Crippen LogP contribution >= 0.6 is 0 Å². The van der Waals surface area contributed by atoms with Crippen LogP contribution in [-0.4, -0.2) is 46.0 Å². The molecule has 3 aromatic rings. The van der Waals surface area contributed by atoms with Crippen molar-refractivity contribution in [1.29, 1.82) is 0 Å². The van der Waals surface area contributed by atoms with Gasteiger partial charge in [-0.3, -0.25) is 4.79 Å². The summed E-state index contributed by atoms with van der Waals surface area (Å²) in [6.45, 7) is 3.09. The van der Waals surface area contributed by atoms with E-state index in [4.69, 9.17) is 9.15 Å². The van der Waals surface area contributed by atoms with Crippen LogP contribution in [0.15, 0.2) is 47.1 Å². The Bertz CT molecular complexity index is 984. The summed E-state index contributed by atoms with van der Waals surface area (Å²) in [4.78, 5) is 27.5. The molecule has 29 heavy (non-hydrogen) atoms. The molecule has 2 aromatic heterocycles. The lowest BCUT2D eigenvalue weighted by atomic mass is 9.97. The van der Waals surface area contributed by atoms with E-state index in [1.165, 1.54) is 0 Å². The van der Waals surface area contributed by atoms with E-state index < -0.39 is 0 Å². The highest BCUT2D eigenvalue weighted by Crippen LogP contribution is 2.28. The Labute approximate surface area is 169 Å². The molecule has 1 atom stereocenters. The average molecular weight is 392 g/mol. The van der Waals surface area contributed by atoms with Crippen LogP contribution in [0.3, 0.4) is 0 Å². The second-order valence-corrected chi connectivity index (χ2v) is 7.27. The summed E-state index contributed by atoms with van der Waals surface area (Å²) in [5.74, 6) is 2.98. The molecule has 0 N–H and O–H groups in total. The molecule has 1 aliphatic heterocycles. The molecule has 0 bridgehead atoms. The van der Waals surface area contributed by atoms with Gasteiger partial charge in [-0.25, -0.2) is 15.0 Å². The number of piperidine rings is 1. The Morgan fingerprint density at radius 1 is 1.24 bits per heavy atom. The highest BCUT2D eigenvalue weighted by atomic mass is 16.5. The van der Waals surface area contributed by atoms with Crippen molar-refractivity contribution in [3.63, 3.8) is 0 Å². The summed E-state index contributed by atoms with van der Waals surface area (Å²) in [7, 11) is 1.65. The standard InChI is InChI=1S/C22H24N4O3/c1-15-23-10-9-20(25-15)22(27)26-11-3-4-17(14-26)21-24-13-19(29-21)12-16-5-7-18(28-2)8-6-16/h5-10,13,17H,3-4,11-12,14H2,1-2H3/t17-/m0/s1. The zero-order valence-corrected chi connectivity index (χ0v) is 16.7. The molecular weight excluding hydrogens is 368 g/mol. The number of hydrogen-bond donors (Lipinski definition) is 0. The number of carbonyl (C=O) groups is 1. The van der Waals surface area contributed by atoms with Gasteiger partial charge in [0.05, 0.1) is 19.2 Å². The van der Waals surface area contributed by atoms with Crippen molar-refractivity contribution in [2.45, 2.75) is 32.1 Å². The lowest BCUT2D eigenvalue weighted by Crippen LogP contribution is -2.39. The van der Waals surface area contributed by atoms with Crippen LogP contribution in [0.25, 0.3) is 0 Å². The second kappa shape index (κ2) is 8.43. The molecule has 0 spiro atoms. The van der Waals surface area contributed by atoms with Gasteiger partial charge in [-0.05, 0) is 43.5 Å².